The van der Waals surface area contributed by atoms with Gasteiger partial charge in [0, 0.05) is 29.5 Å². The third kappa shape index (κ3) is 7.65. The molecule has 1 aromatic carbocycles. The molecule has 3 rings (SSSR count). The third-order valence-corrected chi connectivity index (χ3v) is 7.84. The number of pyridine rings is 1. The standard InChI is InChI=1S/C23H27F4N3O3S2/c1-14(17-8-5-9-19(24)18(17)13-29-35(2,32)33)21(31)28-12-15-10-11-20(23(25,26)27)30-22(15)34-16-6-3-4-7-16/h5,8-11,14,16,29H,3-4,6-7,12-13H2,1-2H3,(H,28,31). The molecule has 0 radical (unpaired) electrons. The number of carbonyl (C=O) groups excluding carboxylic acids is 1. The molecule has 1 fully saturated rings. The highest BCUT2D eigenvalue weighted by atomic mass is 32.2. The highest BCUT2D eigenvalue weighted by molar-refractivity contribution is 7.99. The predicted molar refractivity (Wildman–Crippen MR) is 126 cm³/mol. The van der Waals surface area contributed by atoms with E-state index in [1.807, 2.05) is 0 Å². The number of alkyl halides is 3. The summed E-state index contributed by atoms with van der Waals surface area (Å²) in [7, 11) is -3.58. The molecule has 1 aromatic heterocycles. The largest absolute Gasteiger partial charge is 0.433 e. The lowest BCUT2D eigenvalue weighted by atomic mass is 9.94. The predicted octanol–water partition coefficient (Wildman–Crippen LogP) is 4.74. The van der Waals surface area contributed by atoms with Crippen LogP contribution in [0.3, 0.4) is 0 Å². The fraction of sp³-hybridized carbons (Fsp3) is 0.478. The van der Waals surface area contributed by atoms with Gasteiger partial charge < -0.3 is 5.32 Å². The molecule has 192 valence electrons. The molecule has 12 heteroatoms. The van der Waals surface area contributed by atoms with Crippen LogP contribution in [-0.4, -0.2) is 30.8 Å². The summed E-state index contributed by atoms with van der Waals surface area (Å²) in [4.78, 5) is 16.7. The van der Waals surface area contributed by atoms with Crippen LogP contribution in [0.5, 0.6) is 0 Å². The maximum atomic E-state index is 14.4. The molecule has 0 spiro atoms. The maximum absolute atomic E-state index is 14.4. The first-order valence-corrected chi connectivity index (χ1v) is 13.9. The first kappa shape index (κ1) is 27.4. The van der Waals surface area contributed by atoms with Crippen molar-refractivity contribution < 1.29 is 30.8 Å². The summed E-state index contributed by atoms with van der Waals surface area (Å²) < 4.78 is 79.2. The van der Waals surface area contributed by atoms with Crippen LogP contribution in [0.4, 0.5) is 17.6 Å². The Hall–Kier alpha value is -2.18. The van der Waals surface area contributed by atoms with Crippen molar-refractivity contribution in [2.24, 2.45) is 0 Å². The van der Waals surface area contributed by atoms with E-state index >= 15 is 0 Å². The minimum atomic E-state index is -4.57. The van der Waals surface area contributed by atoms with Crippen LogP contribution >= 0.6 is 11.8 Å². The fourth-order valence-electron chi connectivity index (χ4n) is 3.88. The Morgan fingerprint density at radius 2 is 1.86 bits per heavy atom. The summed E-state index contributed by atoms with van der Waals surface area (Å²) in [5.74, 6) is -1.97. The van der Waals surface area contributed by atoms with Crippen LogP contribution in [0.15, 0.2) is 35.4 Å². The number of hydrogen-bond acceptors (Lipinski definition) is 5. The Balaban J connectivity index is 1.77. The van der Waals surface area contributed by atoms with Crippen molar-refractivity contribution in [3.05, 3.63) is 58.5 Å². The maximum Gasteiger partial charge on any atom is 0.433 e. The zero-order valence-corrected chi connectivity index (χ0v) is 20.9. The molecule has 2 N–H and O–H groups in total. The van der Waals surface area contributed by atoms with Gasteiger partial charge in [-0.25, -0.2) is 22.5 Å². The van der Waals surface area contributed by atoms with Gasteiger partial charge >= 0.3 is 6.18 Å². The van der Waals surface area contributed by atoms with E-state index in [9.17, 15) is 30.8 Å². The van der Waals surface area contributed by atoms with Crippen molar-refractivity contribution in [2.75, 3.05) is 6.26 Å². The molecule has 2 aromatic rings. The van der Waals surface area contributed by atoms with Gasteiger partial charge in [0.05, 0.1) is 12.2 Å². The van der Waals surface area contributed by atoms with Crippen molar-refractivity contribution in [1.29, 1.82) is 0 Å². The molecule has 0 aliphatic heterocycles. The number of amides is 1. The number of carbonyl (C=O) groups is 1. The molecule has 1 heterocycles. The van der Waals surface area contributed by atoms with Crippen LogP contribution in [0, 0.1) is 5.82 Å². The highest BCUT2D eigenvalue weighted by Gasteiger charge is 2.33. The quantitative estimate of drug-likeness (QED) is 0.455. The summed E-state index contributed by atoms with van der Waals surface area (Å²) in [6.07, 6.45) is 0.206. The number of aromatic nitrogens is 1. The first-order chi connectivity index (χ1) is 16.3. The van der Waals surface area contributed by atoms with Crippen molar-refractivity contribution >= 4 is 27.7 Å². The van der Waals surface area contributed by atoms with Gasteiger partial charge in [-0.1, -0.05) is 31.0 Å². The van der Waals surface area contributed by atoms with Crippen LogP contribution in [0.25, 0.3) is 0 Å². The monoisotopic (exact) mass is 533 g/mol. The lowest BCUT2D eigenvalue weighted by molar-refractivity contribution is -0.141. The van der Waals surface area contributed by atoms with E-state index < -0.39 is 39.5 Å². The Morgan fingerprint density at radius 1 is 1.17 bits per heavy atom. The molecule has 1 saturated carbocycles. The topological polar surface area (TPSA) is 88.2 Å². The van der Waals surface area contributed by atoms with Gasteiger partial charge in [-0.15, -0.1) is 11.8 Å². The molecule has 1 aliphatic rings. The lowest BCUT2D eigenvalue weighted by Crippen LogP contribution is -2.30. The number of sulfonamides is 1. The Bertz CT molecular complexity index is 1170. The molecule has 0 bridgehead atoms. The fourth-order valence-corrected chi connectivity index (χ4v) is 5.61. The number of thioether (sulfide) groups is 1. The number of nitrogens with zero attached hydrogens (tertiary/aromatic N) is 1. The zero-order valence-electron chi connectivity index (χ0n) is 19.3. The summed E-state index contributed by atoms with van der Waals surface area (Å²) in [5, 5.41) is 3.12. The van der Waals surface area contributed by atoms with E-state index in [2.05, 4.69) is 15.0 Å². The van der Waals surface area contributed by atoms with Crippen molar-refractivity contribution in [3.63, 3.8) is 0 Å². The van der Waals surface area contributed by atoms with E-state index in [4.69, 9.17) is 0 Å². The van der Waals surface area contributed by atoms with Crippen molar-refractivity contribution in [2.45, 2.75) is 68.1 Å². The average Bonchev–Trinajstić information content (AvgIpc) is 3.28. The molecule has 6 nitrogen and oxygen atoms in total. The number of nitrogens with one attached hydrogen (secondary N) is 2. The molecular weight excluding hydrogens is 506 g/mol. The minimum absolute atomic E-state index is 0.0460. The molecule has 35 heavy (non-hydrogen) atoms. The second kappa shape index (κ2) is 11.3. The van der Waals surface area contributed by atoms with Crippen LogP contribution in [-0.2, 0) is 34.1 Å². The SMILES string of the molecule is CC(C(=O)NCc1ccc(C(F)(F)F)nc1SC1CCCC1)c1cccc(F)c1CNS(C)(=O)=O. The smallest absolute Gasteiger partial charge is 0.351 e. The summed E-state index contributed by atoms with van der Waals surface area (Å²) in [6, 6.07) is 6.35. The third-order valence-electron chi connectivity index (χ3n) is 5.79. The second-order valence-corrected chi connectivity index (χ2v) is 11.6. The van der Waals surface area contributed by atoms with Gasteiger partial charge in [-0.05, 0) is 37.5 Å². The molecule has 1 aliphatic carbocycles. The molecular formula is C23H27F4N3O3S2. The lowest BCUT2D eigenvalue weighted by Gasteiger charge is -2.19. The Morgan fingerprint density at radius 3 is 2.49 bits per heavy atom. The average molecular weight is 534 g/mol. The van der Waals surface area contributed by atoms with Crippen molar-refractivity contribution in [1.82, 2.24) is 15.0 Å². The van der Waals surface area contributed by atoms with E-state index in [0.717, 1.165) is 38.0 Å². The Kier molecular flexibility index (Phi) is 8.81. The minimum Gasteiger partial charge on any atom is -0.351 e. The van der Waals surface area contributed by atoms with E-state index in [1.54, 1.807) is 6.92 Å². The van der Waals surface area contributed by atoms with Crippen molar-refractivity contribution in [3.8, 4) is 0 Å². The van der Waals surface area contributed by atoms with Crippen LogP contribution in [0.2, 0.25) is 0 Å². The number of hydrogen-bond donors (Lipinski definition) is 2. The van der Waals surface area contributed by atoms with E-state index in [1.165, 1.54) is 36.0 Å². The summed E-state index contributed by atoms with van der Waals surface area (Å²) >= 11 is 1.30. The van der Waals surface area contributed by atoms with Gasteiger partial charge in [0.15, 0.2) is 0 Å². The molecule has 1 unspecified atom stereocenters. The number of halogens is 4. The Labute approximate surface area is 206 Å². The normalized spacial score (nSPS) is 15.8. The second-order valence-electron chi connectivity index (χ2n) is 8.52. The van der Waals surface area contributed by atoms with E-state index in [-0.39, 0.29) is 28.9 Å². The number of rotatable bonds is 9. The summed E-state index contributed by atoms with van der Waals surface area (Å²) in [6.45, 7) is 1.19. The number of benzene rings is 1. The van der Waals surface area contributed by atoms with E-state index in [0.29, 0.717) is 11.1 Å². The van der Waals surface area contributed by atoms with Gasteiger partial charge in [-0.2, -0.15) is 13.2 Å². The van der Waals surface area contributed by atoms with Crippen LogP contribution < -0.4 is 10.0 Å². The summed E-state index contributed by atoms with van der Waals surface area (Å²) in [5.41, 5.74) is -0.156. The zero-order chi connectivity index (χ0) is 25.8. The molecule has 1 atom stereocenters. The van der Waals surface area contributed by atoms with Gasteiger partial charge in [0.1, 0.15) is 16.5 Å². The van der Waals surface area contributed by atoms with Gasteiger partial charge in [0.25, 0.3) is 0 Å². The van der Waals surface area contributed by atoms with Crippen LogP contribution in [0.1, 0.15) is 60.9 Å². The van der Waals surface area contributed by atoms with Gasteiger partial charge in [0.2, 0.25) is 15.9 Å². The highest BCUT2D eigenvalue weighted by Crippen LogP contribution is 2.37. The molecule has 1 amide bonds. The van der Waals surface area contributed by atoms with Gasteiger partial charge in [-0.3, -0.25) is 4.79 Å². The molecule has 0 saturated heterocycles. The first-order valence-electron chi connectivity index (χ1n) is 11.1.